The molecular weight excluding hydrogens is 297 g/mol. The van der Waals surface area contributed by atoms with Gasteiger partial charge in [0.25, 0.3) is 5.56 Å². The van der Waals surface area contributed by atoms with Gasteiger partial charge in [0.1, 0.15) is 9.39 Å². The second kappa shape index (κ2) is 4.63. The van der Waals surface area contributed by atoms with Gasteiger partial charge in [-0.2, -0.15) is 0 Å². The number of aromatic amines is 1. The number of H-pyrrole nitrogens is 1. The molecule has 0 aliphatic heterocycles. The van der Waals surface area contributed by atoms with Gasteiger partial charge in [0.15, 0.2) is 0 Å². The molecule has 0 saturated heterocycles. The molecule has 0 amide bonds. The Balaban J connectivity index is 3.23. The first kappa shape index (κ1) is 11.3. The van der Waals surface area contributed by atoms with Crippen LogP contribution >= 0.6 is 22.6 Å². The summed E-state index contributed by atoms with van der Waals surface area (Å²) in [6.07, 6.45) is 1.84. The molecule has 78 valence electrons. The first-order valence-corrected chi connectivity index (χ1v) is 5.44. The molecule has 1 rings (SSSR count). The molecule has 0 bridgehead atoms. The van der Waals surface area contributed by atoms with Crippen molar-refractivity contribution in [3.63, 3.8) is 0 Å². The Hall–Kier alpha value is -0.790. The molecule has 0 aliphatic rings. The molecule has 0 atom stereocenters. The second-order valence-electron chi connectivity index (χ2n) is 2.96. The largest absolute Gasteiger partial charge is 0.384 e. The number of anilines is 1. The van der Waals surface area contributed by atoms with Gasteiger partial charge < -0.3 is 5.73 Å². The molecule has 0 aromatic carbocycles. The average Bonchev–Trinajstić information content (AvgIpc) is 2.14. The Bertz CT molecular complexity index is 435. The summed E-state index contributed by atoms with van der Waals surface area (Å²) >= 11 is 1.83. The van der Waals surface area contributed by atoms with Gasteiger partial charge in [-0.05, 0) is 29.0 Å². The normalized spacial score (nSPS) is 10.4. The molecule has 6 heteroatoms. The van der Waals surface area contributed by atoms with Crippen LogP contribution in [0.5, 0.6) is 0 Å². The predicted molar refractivity (Wildman–Crippen MR) is 63.4 cm³/mol. The third kappa shape index (κ3) is 2.17. The molecule has 0 aliphatic carbocycles. The van der Waals surface area contributed by atoms with E-state index in [1.54, 1.807) is 0 Å². The summed E-state index contributed by atoms with van der Waals surface area (Å²) < 4.78 is 1.77. The number of unbranched alkanes of at least 4 members (excludes halogenated alkanes) is 1. The molecule has 14 heavy (non-hydrogen) atoms. The molecular formula is C8H12IN3O2. The van der Waals surface area contributed by atoms with Gasteiger partial charge >= 0.3 is 5.69 Å². The smallest absolute Gasteiger partial charge is 0.329 e. The van der Waals surface area contributed by atoms with Crippen LogP contribution in [0.1, 0.15) is 19.8 Å². The molecule has 0 fully saturated rings. The number of aromatic nitrogens is 2. The predicted octanol–water partition coefficient (Wildman–Crippen LogP) is 0.524. The van der Waals surface area contributed by atoms with E-state index < -0.39 is 11.2 Å². The van der Waals surface area contributed by atoms with Gasteiger partial charge in [0.2, 0.25) is 0 Å². The molecule has 0 spiro atoms. The molecule has 1 aromatic rings. The van der Waals surface area contributed by atoms with E-state index in [9.17, 15) is 9.59 Å². The summed E-state index contributed by atoms with van der Waals surface area (Å²) in [5, 5.41) is 0. The Labute approximate surface area is 94.5 Å². The van der Waals surface area contributed by atoms with E-state index in [0.717, 1.165) is 12.8 Å². The van der Waals surface area contributed by atoms with E-state index in [4.69, 9.17) is 5.73 Å². The lowest BCUT2D eigenvalue weighted by Gasteiger charge is -2.08. The fourth-order valence-electron chi connectivity index (χ4n) is 1.10. The minimum Gasteiger partial charge on any atom is -0.384 e. The molecule has 0 saturated carbocycles. The second-order valence-corrected chi connectivity index (χ2v) is 4.04. The van der Waals surface area contributed by atoms with E-state index >= 15 is 0 Å². The summed E-state index contributed by atoms with van der Waals surface area (Å²) in [5.74, 6) is 0.257. The van der Waals surface area contributed by atoms with E-state index in [1.807, 2.05) is 29.5 Å². The number of hydrogen-bond donors (Lipinski definition) is 2. The quantitative estimate of drug-likeness (QED) is 0.799. The highest BCUT2D eigenvalue weighted by molar-refractivity contribution is 14.1. The standard InChI is InChI=1S/C8H12IN3O2/c1-2-3-4-12-6(10)5(9)7(13)11-8(12)14/h2-4,10H2,1H3,(H,11,13,14). The number of hydrogen-bond acceptors (Lipinski definition) is 3. The van der Waals surface area contributed by atoms with Crippen LogP contribution in [0.4, 0.5) is 5.82 Å². The monoisotopic (exact) mass is 309 g/mol. The van der Waals surface area contributed by atoms with Gasteiger partial charge in [0.05, 0.1) is 0 Å². The van der Waals surface area contributed by atoms with E-state index in [-0.39, 0.29) is 5.82 Å². The van der Waals surface area contributed by atoms with Crippen molar-refractivity contribution < 1.29 is 0 Å². The maximum absolute atomic E-state index is 11.3. The van der Waals surface area contributed by atoms with E-state index in [0.29, 0.717) is 10.1 Å². The van der Waals surface area contributed by atoms with Crippen molar-refractivity contribution in [2.45, 2.75) is 26.3 Å². The lowest BCUT2D eigenvalue weighted by Crippen LogP contribution is -2.33. The van der Waals surface area contributed by atoms with E-state index in [1.165, 1.54) is 4.57 Å². The summed E-state index contributed by atoms with van der Waals surface area (Å²) in [6.45, 7) is 2.58. The first-order valence-electron chi connectivity index (χ1n) is 4.36. The number of rotatable bonds is 3. The zero-order valence-corrected chi connectivity index (χ0v) is 10.00. The number of nitrogen functional groups attached to an aromatic ring is 1. The minimum absolute atomic E-state index is 0.257. The van der Waals surface area contributed by atoms with Crippen LogP contribution in [-0.2, 0) is 6.54 Å². The maximum Gasteiger partial charge on any atom is 0.329 e. The fourth-order valence-corrected chi connectivity index (χ4v) is 1.53. The van der Waals surface area contributed by atoms with Crippen molar-refractivity contribution in [1.82, 2.24) is 9.55 Å². The van der Waals surface area contributed by atoms with Crippen molar-refractivity contribution in [3.05, 3.63) is 24.4 Å². The zero-order valence-electron chi connectivity index (χ0n) is 7.84. The lowest BCUT2D eigenvalue weighted by molar-refractivity contribution is 0.603. The highest BCUT2D eigenvalue weighted by atomic mass is 127. The van der Waals surface area contributed by atoms with Crippen molar-refractivity contribution in [3.8, 4) is 0 Å². The molecule has 1 aromatic heterocycles. The third-order valence-electron chi connectivity index (χ3n) is 1.92. The van der Waals surface area contributed by atoms with Crippen LogP contribution in [0.2, 0.25) is 0 Å². The number of nitrogens with two attached hydrogens (primary N) is 1. The van der Waals surface area contributed by atoms with Gasteiger partial charge in [-0.3, -0.25) is 14.3 Å². The van der Waals surface area contributed by atoms with Crippen molar-refractivity contribution in [2.75, 3.05) is 5.73 Å². The summed E-state index contributed by atoms with van der Waals surface area (Å²) in [4.78, 5) is 24.7. The van der Waals surface area contributed by atoms with Crippen LogP contribution in [0, 0.1) is 3.57 Å². The summed E-state index contributed by atoms with van der Waals surface area (Å²) in [6, 6.07) is 0. The SMILES string of the molecule is CCCCn1c(N)c(I)c(=O)[nH]c1=O. The molecule has 5 nitrogen and oxygen atoms in total. The van der Waals surface area contributed by atoms with Crippen LogP contribution in [0.15, 0.2) is 9.59 Å². The molecule has 1 heterocycles. The number of nitrogens with zero attached hydrogens (tertiary/aromatic N) is 1. The van der Waals surface area contributed by atoms with Gasteiger partial charge in [-0.15, -0.1) is 0 Å². The number of nitrogens with one attached hydrogen (secondary N) is 1. The van der Waals surface area contributed by atoms with Crippen LogP contribution in [0.3, 0.4) is 0 Å². The van der Waals surface area contributed by atoms with Gasteiger partial charge in [0, 0.05) is 6.54 Å². The Morgan fingerprint density at radius 3 is 2.71 bits per heavy atom. The summed E-state index contributed by atoms with van der Waals surface area (Å²) in [5.41, 5.74) is 4.82. The zero-order chi connectivity index (χ0) is 10.7. The highest BCUT2D eigenvalue weighted by Crippen LogP contribution is 2.07. The highest BCUT2D eigenvalue weighted by Gasteiger charge is 2.08. The topological polar surface area (TPSA) is 80.9 Å². The van der Waals surface area contributed by atoms with Crippen LogP contribution in [0.25, 0.3) is 0 Å². The molecule has 0 radical (unpaired) electrons. The average molecular weight is 309 g/mol. The first-order chi connectivity index (χ1) is 6.57. The minimum atomic E-state index is -0.429. The van der Waals surface area contributed by atoms with Crippen molar-refractivity contribution >= 4 is 28.4 Å². The maximum atomic E-state index is 11.3. The Morgan fingerprint density at radius 1 is 1.50 bits per heavy atom. The lowest BCUT2D eigenvalue weighted by atomic mass is 10.3. The Morgan fingerprint density at radius 2 is 2.14 bits per heavy atom. The van der Waals surface area contributed by atoms with Gasteiger partial charge in [-0.1, -0.05) is 13.3 Å². The van der Waals surface area contributed by atoms with Crippen molar-refractivity contribution in [1.29, 1.82) is 0 Å². The molecule has 0 unspecified atom stereocenters. The summed E-state index contributed by atoms with van der Waals surface area (Å²) in [7, 11) is 0. The van der Waals surface area contributed by atoms with Crippen LogP contribution in [-0.4, -0.2) is 9.55 Å². The number of halogens is 1. The third-order valence-corrected chi connectivity index (χ3v) is 2.96. The van der Waals surface area contributed by atoms with Crippen LogP contribution < -0.4 is 17.0 Å². The van der Waals surface area contributed by atoms with Gasteiger partial charge in [-0.25, -0.2) is 4.79 Å². The fraction of sp³-hybridized carbons (Fsp3) is 0.500. The van der Waals surface area contributed by atoms with Crippen molar-refractivity contribution in [2.24, 2.45) is 0 Å². The molecule has 3 N–H and O–H groups in total. The van der Waals surface area contributed by atoms with E-state index in [2.05, 4.69) is 4.98 Å². The Kier molecular flexibility index (Phi) is 3.73.